The van der Waals surface area contributed by atoms with Crippen molar-refractivity contribution in [1.29, 1.82) is 0 Å². The van der Waals surface area contributed by atoms with Gasteiger partial charge in [-0.25, -0.2) is 4.79 Å². The molecule has 31 heavy (non-hydrogen) atoms. The van der Waals surface area contributed by atoms with Gasteiger partial charge in [0.05, 0.1) is 32.9 Å². The summed E-state index contributed by atoms with van der Waals surface area (Å²) in [4.78, 5) is 13.2. The van der Waals surface area contributed by atoms with Gasteiger partial charge in [0.1, 0.15) is 16.5 Å². The number of anilines is 1. The van der Waals surface area contributed by atoms with Gasteiger partial charge < -0.3 is 24.8 Å². The average Bonchev–Trinajstić information content (AvgIpc) is 3.22. The molecular weight excluding hydrogens is 432 g/mol. The Labute approximate surface area is 191 Å². The van der Waals surface area contributed by atoms with Crippen LogP contribution >= 0.6 is 23.6 Å². The molecule has 0 unspecified atom stereocenters. The molecule has 162 valence electrons. The van der Waals surface area contributed by atoms with Gasteiger partial charge in [-0.05, 0) is 49.0 Å². The van der Waals surface area contributed by atoms with Gasteiger partial charge in [-0.1, -0.05) is 30.3 Å². The van der Waals surface area contributed by atoms with Crippen LogP contribution in [0.3, 0.4) is 0 Å². The van der Waals surface area contributed by atoms with Crippen molar-refractivity contribution in [1.82, 2.24) is 5.32 Å². The maximum atomic E-state index is 12.3. The van der Waals surface area contributed by atoms with E-state index in [-0.39, 0.29) is 6.04 Å². The van der Waals surface area contributed by atoms with E-state index in [1.165, 1.54) is 18.4 Å². The highest BCUT2D eigenvalue weighted by Gasteiger charge is 2.20. The molecule has 1 atom stereocenters. The second-order valence-electron chi connectivity index (χ2n) is 6.64. The molecule has 3 aromatic rings. The van der Waals surface area contributed by atoms with Gasteiger partial charge in [0.15, 0.2) is 5.11 Å². The Kier molecular flexibility index (Phi) is 7.49. The molecule has 2 aromatic carbocycles. The van der Waals surface area contributed by atoms with Crippen molar-refractivity contribution in [2.45, 2.75) is 13.0 Å². The lowest BCUT2D eigenvalue weighted by atomic mass is 10.1. The molecule has 0 spiro atoms. The summed E-state index contributed by atoms with van der Waals surface area (Å²) in [6.45, 7) is 1.97. The molecule has 0 amide bonds. The van der Waals surface area contributed by atoms with Gasteiger partial charge in [0, 0.05) is 10.4 Å². The molecule has 0 bridgehead atoms. The number of methoxy groups -OCH3 is 3. The number of thiophene rings is 1. The van der Waals surface area contributed by atoms with Crippen molar-refractivity contribution >= 4 is 39.6 Å². The third kappa shape index (κ3) is 5.34. The summed E-state index contributed by atoms with van der Waals surface area (Å²) in [7, 11) is 4.60. The fourth-order valence-electron chi connectivity index (χ4n) is 3.08. The monoisotopic (exact) mass is 456 g/mol. The maximum absolute atomic E-state index is 12.3. The Hall–Kier alpha value is -3.10. The minimum absolute atomic E-state index is 0.166. The van der Waals surface area contributed by atoms with E-state index in [9.17, 15) is 4.79 Å². The standard InChI is InChI=1S/C23H24N2O4S2/c1-14(17-12-16(27-2)10-11-19(17)28-3)24-23(30)25-21-18(22(26)29-4)13-20(31-21)15-8-6-5-7-9-15/h5-14H,1-4H3,(H2,24,25,30)/t14-/m0/s1. The minimum Gasteiger partial charge on any atom is -0.497 e. The van der Waals surface area contributed by atoms with Gasteiger partial charge >= 0.3 is 5.97 Å². The number of hydrogen-bond acceptors (Lipinski definition) is 6. The first-order valence-corrected chi connectivity index (χ1v) is 10.8. The molecule has 3 rings (SSSR count). The van der Waals surface area contributed by atoms with Crippen LogP contribution < -0.4 is 20.1 Å². The van der Waals surface area contributed by atoms with Gasteiger partial charge in [-0.3, -0.25) is 0 Å². The first-order valence-electron chi connectivity index (χ1n) is 9.53. The van der Waals surface area contributed by atoms with Crippen LogP contribution in [0.15, 0.2) is 54.6 Å². The maximum Gasteiger partial charge on any atom is 0.340 e. The van der Waals surface area contributed by atoms with Crippen LogP contribution in [-0.2, 0) is 4.74 Å². The van der Waals surface area contributed by atoms with Crippen LogP contribution in [0.25, 0.3) is 10.4 Å². The number of hydrogen-bond donors (Lipinski definition) is 2. The molecule has 8 heteroatoms. The molecule has 0 saturated carbocycles. The number of carbonyl (C=O) groups excluding carboxylic acids is 1. The number of rotatable bonds is 7. The van der Waals surface area contributed by atoms with Crippen LogP contribution in [0.1, 0.15) is 28.9 Å². The van der Waals surface area contributed by atoms with E-state index in [1.807, 2.05) is 61.5 Å². The van der Waals surface area contributed by atoms with Gasteiger partial charge in [-0.15, -0.1) is 11.3 Å². The molecular formula is C23H24N2O4S2. The lowest BCUT2D eigenvalue weighted by Gasteiger charge is -2.20. The fourth-order valence-corrected chi connectivity index (χ4v) is 4.48. The summed E-state index contributed by atoms with van der Waals surface area (Å²) in [6.07, 6.45) is 0. The highest BCUT2D eigenvalue weighted by Crippen LogP contribution is 2.36. The Bertz CT molecular complexity index is 1070. The second kappa shape index (κ2) is 10.3. The van der Waals surface area contributed by atoms with Crippen LogP contribution in [-0.4, -0.2) is 32.4 Å². The Morgan fingerprint density at radius 1 is 1.03 bits per heavy atom. The van der Waals surface area contributed by atoms with Gasteiger partial charge in [0.25, 0.3) is 0 Å². The predicted molar refractivity (Wildman–Crippen MR) is 128 cm³/mol. The Balaban J connectivity index is 1.81. The Morgan fingerprint density at radius 3 is 2.42 bits per heavy atom. The van der Waals surface area contributed by atoms with E-state index < -0.39 is 5.97 Å². The first-order chi connectivity index (χ1) is 15.0. The topological polar surface area (TPSA) is 68.8 Å². The fraction of sp³-hybridized carbons (Fsp3) is 0.217. The van der Waals surface area contributed by atoms with Crippen molar-refractivity contribution in [3.05, 3.63) is 65.7 Å². The van der Waals surface area contributed by atoms with Gasteiger partial charge in [0.2, 0.25) is 0 Å². The number of thiocarbonyl (C=S) groups is 1. The predicted octanol–water partition coefficient (Wildman–Crippen LogP) is 5.27. The van der Waals surface area contributed by atoms with Crippen molar-refractivity contribution in [3.8, 4) is 21.9 Å². The van der Waals surface area contributed by atoms with E-state index in [0.29, 0.717) is 15.7 Å². The van der Waals surface area contributed by atoms with E-state index in [0.717, 1.165) is 27.5 Å². The van der Waals surface area contributed by atoms with E-state index in [4.69, 9.17) is 26.4 Å². The van der Waals surface area contributed by atoms with Crippen molar-refractivity contribution in [3.63, 3.8) is 0 Å². The van der Waals surface area contributed by atoms with Crippen LogP contribution in [0.5, 0.6) is 11.5 Å². The summed E-state index contributed by atoms with van der Waals surface area (Å²) >= 11 is 6.96. The van der Waals surface area contributed by atoms with E-state index >= 15 is 0 Å². The number of nitrogens with one attached hydrogen (secondary N) is 2. The SMILES string of the molecule is COC(=O)c1cc(-c2ccccc2)sc1NC(=S)N[C@@H](C)c1cc(OC)ccc1OC. The molecule has 1 heterocycles. The second-order valence-corrected chi connectivity index (χ2v) is 8.10. The third-order valence-electron chi connectivity index (χ3n) is 4.67. The average molecular weight is 457 g/mol. The number of esters is 1. The normalized spacial score (nSPS) is 11.4. The van der Waals surface area contributed by atoms with Crippen molar-refractivity contribution in [2.24, 2.45) is 0 Å². The summed E-state index contributed by atoms with van der Waals surface area (Å²) in [5.41, 5.74) is 2.34. The quantitative estimate of drug-likeness (QED) is 0.371. The lowest BCUT2D eigenvalue weighted by Crippen LogP contribution is -2.31. The van der Waals surface area contributed by atoms with Crippen LogP contribution in [0.2, 0.25) is 0 Å². The molecule has 0 saturated heterocycles. The van der Waals surface area contributed by atoms with Crippen molar-refractivity contribution in [2.75, 3.05) is 26.6 Å². The van der Waals surface area contributed by atoms with Crippen LogP contribution in [0, 0.1) is 0 Å². The first kappa shape index (κ1) is 22.6. The largest absolute Gasteiger partial charge is 0.497 e. The highest BCUT2D eigenvalue weighted by molar-refractivity contribution is 7.80. The molecule has 2 N–H and O–H groups in total. The molecule has 0 radical (unpaired) electrons. The molecule has 0 aliphatic carbocycles. The third-order valence-corrected chi connectivity index (χ3v) is 5.99. The summed E-state index contributed by atoms with van der Waals surface area (Å²) in [5, 5.41) is 7.39. The smallest absolute Gasteiger partial charge is 0.340 e. The number of carbonyl (C=O) groups is 1. The molecule has 0 fully saturated rings. The lowest BCUT2D eigenvalue weighted by molar-refractivity contribution is 0.0602. The van der Waals surface area contributed by atoms with E-state index in [2.05, 4.69) is 10.6 Å². The molecule has 1 aromatic heterocycles. The zero-order valence-electron chi connectivity index (χ0n) is 17.7. The minimum atomic E-state index is -0.425. The number of benzene rings is 2. The summed E-state index contributed by atoms with van der Waals surface area (Å²) < 4.78 is 15.7. The molecule has 6 nitrogen and oxygen atoms in total. The zero-order chi connectivity index (χ0) is 22.4. The number of ether oxygens (including phenoxy) is 3. The van der Waals surface area contributed by atoms with Gasteiger partial charge in [-0.2, -0.15) is 0 Å². The Morgan fingerprint density at radius 2 is 1.77 bits per heavy atom. The van der Waals surface area contributed by atoms with Crippen molar-refractivity contribution < 1.29 is 19.0 Å². The zero-order valence-corrected chi connectivity index (χ0v) is 19.4. The molecule has 0 aliphatic rings. The molecule has 0 aliphatic heterocycles. The van der Waals surface area contributed by atoms with E-state index in [1.54, 1.807) is 14.2 Å². The summed E-state index contributed by atoms with van der Waals surface area (Å²) in [5.74, 6) is 1.02. The van der Waals surface area contributed by atoms with Crippen LogP contribution in [0.4, 0.5) is 5.00 Å². The summed E-state index contributed by atoms with van der Waals surface area (Å²) in [6, 6.07) is 17.1. The highest BCUT2D eigenvalue weighted by atomic mass is 32.1.